The van der Waals surface area contributed by atoms with Gasteiger partial charge in [-0.2, -0.15) is 4.98 Å². The van der Waals surface area contributed by atoms with E-state index >= 15 is 0 Å². The van der Waals surface area contributed by atoms with Crippen molar-refractivity contribution in [2.24, 2.45) is 0 Å². The first-order valence-electron chi connectivity index (χ1n) is 6.10. The second-order valence-electron chi connectivity index (χ2n) is 4.19. The molecule has 1 aromatic heterocycles. The van der Waals surface area contributed by atoms with Crippen molar-refractivity contribution in [3.05, 3.63) is 52.8 Å². The van der Waals surface area contributed by atoms with E-state index in [-0.39, 0.29) is 11.5 Å². The van der Waals surface area contributed by atoms with Gasteiger partial charge in [-0.3, -0.25) is 4.57 Å². The van der Waals surface area contributed by atoms with Gasteiger partial charge in [0.2, 0.25) is 0 Å². The predicted octanol–water partition coefficient (Wildman–Crippen LogP) is 3.07. The Labute approximate surface area is 115 Å². The minimum Gasteiger partial charge on any atom is -0.299 e. The topological polar surface area (TPSA) is 34.9 Å². The van der Waals surface area contributed by atoms with Crippen molar-refractivity contribution in [2.75, 3.05) is 5.88 Å². The molecule has 100 valence electrons. The number of nitrogens with zero attached hydrogens (tertiary/aromatic N) is 2. The van der Waals surface area contributed by atoms with E-state index in [0.29, 0.717) is 18.1 Å². The van der Waals surface area contributed by atoms with Crippen molar-refractivity contribution in [1.29, 1.82) is 0 Å². The van der Waals surface area contributed by atoms with Gasteiger partial charge in [0.05, 0.1) is 5.69 Å². The lowest BCUT2D eigenvalue weighted by atomic mass is 10.1. The summed E-state index contributed by atoms with van der Waals surface area (Å²) in [5.74, 6) is 0.286. The van der Waals surface area contributed by atoms with Crippen LogP contribution in [0.3, 0.4) is 0 Å². The Kier molecular flexibility index (Phi) is 4.68. The highest BCUT2D eigenvalue weighted by Gasteiger charge is 2.03. The summed E-state index contributed by atoms with van der Waals surface area (Å²) in [6.45, 7) is 0.613. The number of unbranched alkanes of at least 4 members (excludes halogenated alkanes) is 1. The third-order valence-corrected chi connectivity index (χ3v) is 3.06. The maximum Gasteiger partial charge on any atom is 0.348 e. The quantitative estimate of drug-likeness (QED) is 0.623. The molecule has 3 nitrogen and oxygen atoms in total. The molecule has 2 rings (SSSR count). The molecule has 0 aliphatic carbocycles. The van der Waals surface area contributed by atoms with Crippen molar-refractivity contribution < 1.29 is 4.39 Å². The summed E-state index contributed by atoms with van der Waals surface area (Å²) in [6.07, 6.45) is 3.43. The summed E-state index contributed by atoms with van der Waals surface area (Å²) in [6, 6.07) is 7.67. The summed E-state index contributed by atoms with van der Waals surface area (Å²) in [4.78, 5) is 15.8. The molecule has 0 saturated heterocycles. The molecule has 1 heterocycles. The fraction of sp³-hybridized carbons (Fsp3) is 0.286. The highest BCUT2D eigenvalue weighted by atomic mass is 35.5. The van der Waals surface area contributed by atoms with E-state index in [1.807, 2.05) is 0 Å². The first kappa shape index (κ1) is 13.7. The van der Waals surface area contributed by atoms with Gasteiger partial charge in [0, 0.05) is 24.2 Å². The first-order valence-corrected chi connectivity index (χ1v) is 6.63. The zero-order valence-corrected chi connectivity index (χ0v) is 11.1. The normalized spacial score (nSPS) is 10.6. The molecule has 0 saturated carbocycles. The van der Waals surface area contributed by atoms with Crippen LogP contribution in [0, 0.1) is 5.82 Å². The molecule has 2 aromatic rings. The number of rotatable bonds is 5. The molecule has 0 aliphatic rings. The van der Waals surface area contributed by atoms with E-state index in [4.69, 9.17) is 11.6 Å². The number of hydrogen-bond donors (Lipinski definition) is 0. The number of aromatic nitrogens is 2. The van der Waals surface area contributed by atoms with E-state index in [2.05, 4.69) is 4.98 Å². The van der Waals surface area contributed by atoms with Crippen LogP contribution in [0.15, 0.2) is 41.3 Å². The van der Waals surface area contributed by atoms with Gasteiger partial charge in [0.25, 0.3) is 0 Å². The second kappa shape index (κ2) is 6.48. The van der Waals surface area contributed by atoms with Gasteiger partial charge in [-0.15, -0.1) is 11.6 Å². The SMILES string of the molecule is O=c1nc(-c2ccc(F)cc2)ccn1CCCCCl. The van der Waals surface area contributed by atoms with Crippen LogP contribution in [-0.2, 0) is 6.54 Å². The molecular formula is C14H14ClFN2O. The molecule has 1 aromatic carbocycles. The molecule has 19 heavy (non-hydrogen) atoms. The minimum absolute atomic E-state index is 0.295. The molecule has 0 amide bonds. The van der Waals surface area contributed by atoms with Gasteiger partial charge < -0.3 is 0 Å². The van der Waals surface area contributed by atoms with Crippen LogP contribution in [0.4, 0.5) is 4.39 Å². The van der Waals surface area contributed by atoms with Gasteiger partial charge in [-0.25, -0.2) is 9.18 Å². The van der Waals surface area contributed by atoms with E-state index in [9.17, 15) is 9.18 Å². The lowest BCUT2D eigenvalue weighted by Gasteiger charge is -2.05. The summed E-state index contributed by atoms with van der Waals surface area (Å²) in [7, 11) is 0. The summed E-state index contributed by atoms with van der Waals surface area (Å²) in [5, 5.41) is 0. The van der Waals surface area contributed by atoms with Crippen LogP contribution in [-0.4, -0.2) is 15.4 Å². The van der Waals surface area contributed by atoms with E-state index in [0.717, 1.165) is 18.4 Å². The highest BCUT2D eigenvalue weighted by molar-refractivity contribution is 6.17. The molecule has 5 heteroatoms. The van der Waals surface area contributed by atoms with Crippen molar-refractivity contribution in [3.63, 3.8) is 0 Å². The largest absolute Gasteiger partial charge is 0.348 e. The van der Waals surface area contributed by atoms with Gasteiger partial charge in [0.15, 0.2) is 0 Å². The molecule has 0 aliphatic heterocycles. The molecule has 0 fully saturated rings. The van der Waals surface area contributed by atoms with Crippen LogP contribution in [0.5, 0.6) is 0 Å². The third-order valence-electron chi connectivity index (χ3n) is 2.80. The average molecular weight is 281 g/mol. The number of benzene rings is 1. The lowest BCUT2D eigenvalue weighted by molar-refractivity contribution is 0.601. The number of aryl methyl sites for hydroxylation is 1. The van der Waals surface area contributed by atoms with Crippen molar-refractivity contribution in [3.8, 4) is 11.3 Å². The van der Waals surface area contributed by atoms with Crippen LogP contribution >= 0.6 is 11.6 Å². The first-order chi connectivity index (χ1) is 9.20. The molecule has 0 bridgehead atoms. The Morgan fingerprint density at radius 3 is 2.53 bits per heavy atom. The van der Waals surface area contributed by atoms with Crippen LogP contribution in [0.25, 0.3) is 11.3 Å². The van der Waals surface area contributed by atoms with Gasteiger partial charge in [0.1, 0.15) is 5.82 Å². The maximum atomic E-state index is 12.8. The predicted molar refractivity (Wildman–Crippen MR) is 73.8 cm³/mol. The fourth-order valence-electron chi connectivity index (χ4n) is 1.76. The fourth-order valence-corrected chi connectivity index (χ4v) is 1.95. The third kappa shape index (κ3) is 3.64. The monoisotopic (exact) mass is 280 g/mol. The molecule has 0 spiro atoms. The molecular weight excluding hydrogens is 267 g/mol. The highest BCUT2D eigenvalue weighted by Crippen LogP contribution is 2.15. The standard InChI is InChI=1S/C14H14ClFN2O/c15-8-1-2-9-18-10-7-13(17-14(18)19)11-3-5-12(16)6-4-11/h3-7,10H,1-2,8-9H2. The Hall–Kier alpha value is -1.68. The zero-order valence-electron chi connectivity index (χ0n) is 10.4. The molecule has 0 atom stereocenters. The second-order valence-corrected chi connectivity index (χ2v) is 4.57. The Balaban J connectivity index is 2.19. The van der Waals surface area contributed by atoms with Crippen LogP contribution in [0.1, 0.15) is 12.8 Å². The van der Waals surface area contributed by atoms with Crippen molar-refractivity contribution >= 4 is 11.6 Å². The maximum absolute atomic E-state index is 12.8. The number of hydrogen-bond acceptors (Lipinski definition) is 2. The van der Waals surface area contributed by atoms with Crippen LogP contribution < -0.4 is 5.69 Å². The van der Waals surface area contributed by atoms with Gasteiger partial charge in [-0.1, -0.05) is 0 Å². The number of alkyl halides is 1. The zero-order chi connectivity index (χ0) is 13.7. The molecule has 0 radical (unpaired) electrons. The van der Waals surface area contributed by atoms with Gasteiger partial charge in [-0.05, 0) is 43.2 Å². The van der Waals surface area contributed by atoms with Gasteiger partial charge >= 0.3 is 5.69 Å². The summed E-state index contributed by atoms with van der Waals surface area (Å²) < 4.78 is 14.4. The summed E-state index contributed by atoms with van der Waals surface area (Å²) >= 11 is 5.59. The smallest absolute Gasteiger partial charge is 0.299 e. The Morgan fingerprint density at radius 2 is 1.89 bits per heavy atom. The van der Waals surface area contributed by atoms with E-state index < -0.39 is 0 Å². The molecule has 0 N–H and O–H groups in total. The number of halogens is 2. The van der Waals surface area contributed by atoms with E-state index in [1.165, 1.54) is 12.1 Å². The average Bonchev–Trinajstić information content (AvgIpc) is 2.42. The summed E-state index contributed by atoms with van der Waals surface area (Å²) in [5.41, 5.74) is 0.987. The molecule has 0 unspecified atom stereocenters. The van der Waals surface area contributed by atoms with E-state index in [1.54, 1.807) is 29.0 Å². The van der Waals surface area contributed by atoms with Crippen molar-refractivity contribution in [1.82, 2.24) is 9.55 Å². The Morgan fingerprint density at radius 1 is 1.16 bits per heavy atom. The minimum atomic E-state index is -0.307. The lowest BCUT2D eigenvalue weighted by Crippen LogP contribution is -2.22. The van der Waals surface area contributed by atoms with Crippen molar-refractivity contribution in [2.45, 2.75) is 19.4 Å². The van der Waals surface area contributed by atoms with Crippen LogP contribution in [0.2, 0.25) is 0 Å². The Bertz CT molecular complexity index is 595.